The van der Waals surface area contributed by atoms with Crippen LogP contribution in [-0.2, 0) is 31.9 Å². The first-order valence-electron chi connectivity index (χ1n) is 20.0. The van der Waals surface area contributed by atoms with Crippen molar-refractivity contribution in [2.75, 3.05) is 29.4 Å². The van der Waals surface area contributed by atoms with Crippen LogP contribution in [0.5, 0.6) is 0 Å². The number of hydrogen-bond donors (Lipinski definition) is 5. The predicted octanol–water partition coefficient (Wildman–Crippen LogP) is 2.35. The fraction of sp³-hybridized carbons (Fsp3) is 0.487. The number of urea groups is 2. The molecule has 0 radical (unpaired) electrons. The molecule has 8 heterocycles. The summed E-state index contributed by atoms with van der Waals surface area (Å²) in [5.74, 6) is -6.42. The first-order chi connectivity index (χ1) is 30.0. The Labute approximate surface area is 362 Å². The number of fused-ring (bicyclic) bond motifs is 8. The van der Waals surface area contributed by atoms with E-state index in [0.29, 0.717) is 5.82 Å². The number of ether oxygens (including phenoxy) is 2. The minimum Gasteiger partial charge on any atom is -0.372 e. The van der Waals surface area contributed by atoms with Gasteiger partial charge in [-0.15, -0.1) is 0 Å². The van der Waals surface area contributed by atoms with Crippen LogP contribution in [0.4, 0.5) is 38.5 Å². The summed E-state index contributed by atoms with van der Waals surface area (Å²) in [5, 5.41) is 30.6. The minimum atomic E-state index is -1.97. The lowest BCUT2D eigenvalue weighted by Gasteiger charge is -2.59. The standard InChI is InChI=1S/C39H38F4N10O8S2/c1-13-9-51-26-18(5-20(22(40)24(26)42)30-44-12-45-62-30)8-39(29(51)14(2)60-13)34(56)49-37(59)53(35(39)57)11-19-10-52-27-17(6-21(23(41)25(27)43)31-46-16(4)50-63-31)7-38(28(52)15(3)61-19)32(54)47-36(58)48-33(38)55/h5-6,12-15,19,28-29,32,34,54,56H,7-11H2,1-4H3,(H,49,59)(H2,47,48,55,58). The fourth-order valence-corrected chi connectivity index (χ4v) is 12.1. The highest BCUT2D eigenvalue weighted by Crippen LogP contribution is 2.53. The molecular formula is C39H38F4N10O8S2. The summed E-state index contributed by atoms with van der Waals surface area (Å²) < 4.78 is 85.6. The number of halogens is 4. The van der Waals surface area contributed by atoms with E-state index in [2.05, 4.69) is 34.7 Å². The number of rotatable bonds is 4. The summed E-state index contributed by atoms with van der Waals surface area (Å²) in [6.07, 6.45) is -6.99. The Hall–Kier alpha value is -5.40. The Morgan fingerprint density at radius 3 is 2.03 bits per heavy atom. The smallest absolute Gasteiger partial charge is 0.326 e. The molecule has 4 aromatic rings. The summed E-state index contributed by atoms with van der Waals surface area (Å²) in [6, 6.07) is -1.72. The molecule has 0 saturated carbocycles. The van der Waals surface area contributed by atoms with Crippen molar-refractivity contribution < 1.29 is 56.4 Å². The van der Waals surface area contributed by atoms with Crippen molar-refractivity contribution in [3.05, 3.63) is 58.7 Å². The van der Waals surface area contributed by atoms with Gasteiger partial charge in [-0.05, 0) is 86.9 Å². The molecule has 10 atom stereocenters. The zero-order valence-electron chi connectivity index (χ0n) is 33.7. The second-order valence-corrected chi connectivity index (χ2v) is 18.4. The maximum atomic E-state index is 16.7. The van der Waals surface area contributed by atoms with E-state index >= 15 is 22.4 Å². The number of benzene rings is 2. The van der Waals surface area contributed by atoms with Gasteiger partial charge in [0, 0.05) is 13.1 Å². The van der Waals surface area contributed by atoms with E-state index in [4.69, 9.17) is 9.47 Å². The van der Waals surface area contributed by atoms with Crippen LogP contribution < -0.4 is 25.8 Å². The second-order valence-electron chi connectivity index (χ2n) is 16.9. The molecule has 5 N–H and O–H groups in total. The predicted molar refractivity (Wildman–Crippen MR) is 213 cm³/mol. The van der Waals surface area contributed by atoms with E-state index in [0.717, 1.165) is 28.0 Å². The molecule has 0 bridgehead atoms. The van der Waals surface area contributed by atoms with Crippen LogP contribution in [0.3, 0.4) is 0 Å². The van der Waals surface area contributed by atoms with E-state index in [1.54, 1.807) is 20.8 Å². The van der Waals surface area contributed by atoms with Gasteiger partial charge in [0.2, 0.25) is 11.8 Å². The molecule has 10 unspecified atom stereocenters. The lowest BCUT2D eigenvalue weighted by Crippen LogP contribution is -2.78. The molecule has 18 nitrogen and oxygen atoms in total. The third-order valence-electron chi connectivity index (χ3n) is 13.2. The van der Waals surface area contributed by atoms with Gasteiger partial charge in [-0.25, -0.2) is 37.1 Å². The number of carbonyl (C=O) groups is 4. The zero-order chi connectivity index (χ0) is 44.6. The highest BCUT2D eigenvalue weighted by molar-refractivity contribution is 7.09. The van der Waals surface area contributed by atoms with E-state index in [-0.39, 0.29) is 63.2 Å². The van der Waals surface area contributed by atoms with Gasteiger partial charge in [0.25, 0.3) is 0 Å². The molecule has 332 valence electrons. The number of nitrogens with zero attached hydrogens (tertiary/aromatic N) is 7. The number of aromatic nitrogens is 4. The van der Waals surface area contributed by atoms with Gasteiger partial charge < -0.3 is 40.1 Å². The third kappa shape index (κ3) is 5.94. The summed E-state index contributed by atoms with van der Waals surface area (Å²) in [6.45, 7) is 5.51. The van der Waals surface area contributed by atoms with Gasteiger partial charge >= 0.3 is 12.1 Å². The quantitative estimate of drug-likeness (QED) is 0.186. The molecule has 2 spiro atoms. The molecule has 6 amide bonds. The van der Waals surface area contributed by atoms with Crippen molar-refractivity contribution in [3.8, 4) is 21.1 Å². The number of carbonyl (C=O) groups excluding carboxylic acids is 4. The maximum absolute atomic E-state index is 16.7. The number of morpholine rings is 2. The van der Waals surface area contributed by atoms with Gasteiger partial charge in [-0.1, -0.05) is 0 Å². The fourth-order valence-electron chi connectivity index (χ4n) is 10.9. The number of nitrogens with one attached hydrogen (secondary N) is 3. The van der Waals surface area contributed by atoms with Crippen molar-refractivity contribution >= 4 is 58.3 Å². The normalized spacial score (nSPS) is 32.5. The molecule has 4 saturated heterocycles. The number of aryl methyl sites for hydroxylation is 1. The topological polar surface area (TPSA) is 225 Å². The lowest BCUT2D eigenvalue weighted by atomic mass is 9.65. The van der Waals surface area contributed by atoms with Gasteiger partial charge in [-0.3, -0.25) is 19.8 Å². The number of aliphatic hydroxyl groups is 2. The Balaban J connectivity index is 1.05. The Kier molecular flexibility index (Phi) is 9.62. The molecule has 10 rings (SSSR count). The van der Waals surface area contributed by atoms with Crippen molar-refractivity contribution in [1.29, 1.82) is 0 Å². The number of anilines is 2. The molecule has 6 aliphatic heterocycles. The first-order valence-corrected chi connectivity index (χ1v) is 21.5. The molecule has 63 heavy (non-hydrogen) atoms. The van der Waals surface area contributed by atoms with Gasteiger partial charge in [-0.2, -0.15) is 8.75 Å². The summed E-state index contributed by atoms with van der Waals surface area (Å²) in [5.41, 5.74) is -4.51. The molecule has 2 aromatic heterocycles. The highest BCUT2D eigenvalue weighted by atomic mass is 32.1. The molecule has 24 heteroatoms. The maximum Gasteiger partial charge on any atom is 0.326 e. The number of aliphatic hydroxyl groups excluding tert-OH is 2. The van der Waals surface area contributed by atoms with Crippen LogP contribution in [0.2, 0.25) is 0 Å². The number of amides is 6. The van der Waals surface area contributed by atoms with E-state index in [9.17, 15) is 24.6 Å². The Bertz CT molecular complexity index is 2630. The highest BCUT2D eigenvalue weighted by Gasteiger charge is 2.66. The van der Waals surface area contributed by atoms with Gasteiger partial charge in [0.1, 0.15) is 45.5 Å². The summed E-state index contributed by atoms with van der Waals surface area (Å²) >= 11 is 1.66. The lowest BCUT2D eigenvalue weighted by molar-refractivity contribution is -0.171. The molecular weight excluding hydrogens is 877 g/mol. The van der Waals surface area contributed by atoms with E-state index in [1.807, 2.05) is 0 Å². The number of imide groups is 2. The average molecular weight is 915 g/mol. The molecule has 0 aliphatic carbocycles. The van der Waals surface area contributed by atoms with Gasteiger partial charge in [0.15, 0.2) is 23.3 Å². The van der Waals surface area contributed by atoms with Crippen LogP contribution in [0.1, 0.15) is 37.7 Å². The minimum absolute atomic E-state index is 0.0185. The SMILES string of the molecule is Cc1nsc(-c2cc3c(c(F)c2F)N2CC(CN4C(=O)NC(O)C5(Cc6cc(-c7ncns7)c(F)c(F)c6N6CC(C)OC(C)C65)C4=O)OC(C)C2C2(C3)C(=O)NC(=O)NC2O)n1. The first kappa shape index (κ1) is 41.6. The zero-order valence-corrected chi connectivity index (χ0v) is 35.3. The van der Waals surface area contributed by atoms with Crippen LogP contribution in [-0.4, -0.2) is 126 Å². The van der Waals surface area contributed by atoms with Gasteiger partial charge in [0.05, 0.1) is 65.5 Å². The average Bonchev–Trinajstić information content (AvgIpc) is 3.92. The van der Waals surface area contributed by atoms with Crippen molar-refractivity contribution in [2.24, 2.45) is 10.8 Å². The summed E-state index contributed by atoms with van der Waals surface area (Å²) in [4.78, 5) is 67.5. The van der Waals surface area contributed by atoms with Crippen LogP contribution in [0.15, 0.2) is 18.5 Å². The van der Waals surface area contributed by atoms with Crippen molar-refractivity contribution in [3.63, 3.8) is 0 Å². The molecule has 2 aromatic carbocycles. The molecule has 4 fully saturated rings. The third-order valence-corrected chi connectivity index (χ3v) is 14.7. The Morgan fingerprint density at radius 2 is 1.41 bits per heavy atom. The van der Waals surface area contributed by atoms with Crippen LogP contribution in [0, 0.1) is 41.0 Å². The summed E-state index contributed by atoms with van der Waals surface area (Å²) in [7, 11) is 0. The Morgan fingerprint density at radius 1 is 0.810 bits per heavy atom. The van der Waals surface area contributed by atoms with Crippen LogP contribution in [0.25, 0.3) is 21.1 Å². The molecule has 6 aliphatic rings. The van der Waals surface area contributed by atoms with E-state index < -0.39 is 120 Å². The van der Waals surface area contributed by atoms with Crippen molar-refractivity contribution in [2.45, 2.75) is 89.5 Å². The van der Waals surface area contributed by atoms with Crippen molar-refractivity contribution in [1.82, 2.24) is 39.6 Å². The number of hydrogen-bond acceptors (Lipinski definition) is 16. The largest absolute Gasteiger partial charge is 0.372 e. The van der Waals surface area contributed by atoms with Crippen LogP contribution >= 0.6 is 23.1 Å². The second kappa shape index (κ2) is 14.6. The monoisotopic (exact) mass is 914 g/mol. The van der Waals surface area contributed by atoms with E-state index in [1.165, 1.54) is 35.2 Å².